The van der Waals surface area contributed by atoms with E-state index >= 15 is 0 Å². The Bertz CT molecular complexity index is 336. The van der Waals surface area contributed by atoms with Crippen LogP contribution in [0.25, 0.3) is 0 Å². The fraction of sp³-hybridized carbons (Fsp3) is 0.600. The van der Waals surface area contributed by atoms with E-state index in [0.29, 0.717) is 18.6 Å². The van der Waals surface area contributed by atoms with E-state index in [4.69, 9.17) is 5.73 Å². The monoisotopic (exact) mass is 232 g/mol. The lowest BCUT2D eigenvalue weighted by molar-refractivity contribution is 0.0710. The first-order valence-corrected chi connectivity index (χ1v) is 6.74. The van der Waals surface area contributed by atoms with Crippen LogP contribution in [0, 0.1) is 5.92 Å². The van der Waals surface area contributed by atoms with Crippen molar-refractivity contribution in [2.45, 2.75) is 38.8 Å². The minimum Gasteiger partial charge on any atom is -0.329 e. The van der Waals surface area contributed by atoms with E-state index in [-0.39, 0.29) is 0 Å². The molecule has 2 nitrogen and oxygen atoms in total. The summed E-state index contributed by atoms with van der Waals surface area (Å²) >= 11 is 0. The van der Waals surface area contributed by atoms with Crippen LogP contribution in [0.4, 0.5) is 0 Å². The molecule has 0 radical (unpaired) electrons. The Hall–Kier alpha value is -0.860. The Morgan fingerprint density at radius 3 is 2.65 bits per heavy atom. The molecule has 1 aliphatic rings. The average molecular weight is 232 g/mol. The van der Waals surface area contributed by atoms with Crippen molar-refractivity contribution in [1.29, 1.82) is 0 Å². The highest BCUT2D eigenvalue weighted by Crippen LogP contribution is 2.30. The molecule has 0 spiro atoms. The Kier molecular flexibility index (Phi) is 4.19. The fourth-order valence-corrected chi connectivity index (χ4v) is 2.95. The third-order valence-electron chi connectivity index (χ3n) is 4.23. The van der Waals surface area contributed by atoms with Crippen LogP contribution in [-0.2, 0) is 0 Å². The van der Waals surface area contributed by atoms with Gasteiger partial charge in [-0.2, -0.15) is 0 Å². The highest BCUT2D eigenvalue weighted by Gasteiger charge is 2.30. The number of rotatable bonds is 3. The minimum atomic E-state index is 0.383. The predicted octanol–water partition coefficient (Wildman–Crippen LogP) is 2.81. The summed E-state index contributed by atoms with van der Waals surface area (Å²) in [5.41, 5.74) is 7.36. The van der Waals surface area contributed by atoms with Crippen LogP contribution in [0.5, 0.6) is 0 Å². The van der Waals surface area contributed by atoms with Crippen LogP contribution in [0.2, 0.25) is 0 Å². The Balaban J connectivity index is 2.18. The lowest BCUT2D eigenvalue weighted by Gasteiger charge is -2.42. The minimum absolute atomic E-state index is 0.383. The van der Waals surface area contributed by atoms with E-state index in [9.17, 15) is 0 Å². The predicted molar refractivity (Wildman–Crippen MR) is 72.8 cm³/mol. The lowest BCUT2D eigenvalue weighted by Crippen LogP contribution is -2.46. The van der Waals surface area contributed by atoms with Gasteiger partial charge in [0.25, 0.3) is 0 Å². The summed E-state index contributed by atoms with van der Waals surface area (Å²) in [6.45, 7) is 6.59. The Morgan fingerprint density at radius 2 is 2.00 bits per heavy atom. The van der Waals surface area contributed by atoms with Crippen LogP contribution in [0.15, 0.2) is 30.3 Å². The molecule has 2 N–H and O–H groups in total. The highest BCUT2D eigenvalue weighted by molar-refractivity contribution is 5.19. The van der Waals surface area contributed by atoms with Crippen molar-refractivity contribution in [3.05, 3.63) is 35.9 Å². The molecular weight excluding hydrogens is 208 g/mol. The normalized spacial score (nSPS) is 27.9. The summed E-state index contributed by atoms with van der Waals surface area (Å²) in [6, 6.07) is 11.7. The second-order valence-corrected chi connectivity index (χ2v) is 5.26. The maximum absolute atomic E-state index is 6.00. The number of nitrogens with two attached hydrogens (primary N) is 1. The van der Waals surface area contributed by atoms with E-state index in [1.165, 1.54) is 24.9 Å². The summed E-state index contributed by atoms with van der Waals surface area (Å²) in [5.74, 6) is 0.779. The average Bonchev–Trinajstić information content (AvgIpc) is 2.37. The summed E-state index contributed by atoms with van der Waals surface area (Å²) in [4.78, 5) is 2.59. The molecule has 2 heteroatoms. The van der Waals surface area contributed by atoms with Gasteiger partial charge >= 0.3 is 0 Å². The van der Waals surface area contributed by atoms with Crippen LogP contribution >= 0.6 is 0 Å². The number of benzene rings is 1. The van der Waals surface area contributed by atoms with Crippen LogP contribution in [-0.4, -0.2) is 24.0 Å². The molecule has 0 bridgehead atoms. The van der Waals surface area contributed by atoms with Gasteiger partial charge in [-0.25, -0.2) is 0 Å². The van der Waals surface area contributed by atoms with Gasteiger partial charge in [-0.3, -0.25) is 4.90 Å². The second kappa shape index (κ2) is 5.65. The van der Waals surface area contributed by atoms with Crippen molar-refractivity contribution in [1.82, 2.24) is 4.90 Å². The molecule has 2 rings (SSSR count). The lowest BCUT2D eigenvalue weighted by atomic mass is 9.89. The third-order valence-corrected chi connectivity index (χ3v) is 4.23. The first kappa shape index (κ1) is 12.6. The molecule has 3 unspecified atom stereocenters. The SMILES string of the molecule is CC1CCCN(C(CN)c2ccccc2)C1C. The summed E-state index contributed by atoms with van der Waals surface area (Å²) < 4.78 is 0. The van der Waals surface area contributed by atoms with Gasteiger partial charge < -0.3 is 5.73 Å². The van der Waals surface area contributed by atoms with E-state index in [0.717, 1.165) is 5.92 Å². The largest absolute Gasteiger partial charge is 0.329 e. The van der Waals surface area contributed by atoms with Gasteiger partial charge in [0, 0.05) is 18.6 Å². The van der Waals surface area contributed by atoms with Gasteiger partial charge in [-0.15, -0.1) is 0 Å². The zero-order chi connectivity index (χ0) is 12.3. The van der Waals surface area contributed by atoms with Crippen molar-refractivity contribution < 1.29 is 0 Å². The zero-order valence-corrected chi connectivity index (χ0v) is 11.0. The van der Waals surface area contributed by atoms with E-state index < -0.39 is 0 Å². The molecule has 1 saturated heterocycles. The second-order valence-electron chi connectivity index (χ2n) is 5.26. The Labute approximate surface area is 105 Å². The fourth-order valence-electron chi connectivity index (χ4n) is 2.95. The Morgan fingerprint density at radius 1 is 1.29 bits per heavy atom. The van der Waals surface area contributed by atoms with E-state index in [2.05, 4.69) is 49.1 Å². The molecule has 17 heavy (non-hydrogen) atoms. The molecule has 1 aromatic rings. The molecule has 0 aliphatic carbocycles. The van der Waals surface area contributed by atoms with E-state index in [1.807, 2.05) is 0 Å². The first-order chi connectivity index (χ1) is 8.24. The maximum atomic E-state index is 6.00. The van der Waals surface area contributed by atoms with Gasteiger partial charge in [0.1, 0.15) is 0 Å². The van der Waals surface area contributed by atoms with Crippen molar-refractivity contribution in [3.63, 3.8) is 0 Å². The smallest absolute Gasteiger partial charge is 0.0473 e. The molecular formula is C15H24N2. The van der Waals surface area contributed by atoms with Gasteiger partial charge in [-0.05, 0) is 37.8 Å². The number of hydrogen-bond donors (Lipinski definition) is 1. The van der Waals surface area contributed by atoms with Gasteiger partial charge in [0.15, 0.2) is 0 Å². The van der Waals surface area contributed by atoms with Crippen LogP contribution in [0.1, 0.15) is 38.3 Å². The number of nitrogens with zero attached hydrogens (tertiary/aromatic N) is 1. The van der Waals surface area contributed by atoms with Crippen molar-refractivity contribution in [2.24, 2.45) is 11.7 Å². The first-order valence-electron chi connectivity index (χ1n) is 6.74. The quantitative estimate of drug-likeness (QED) is 0.868. The number of piperidine rings is 1. The standard InChI is InChI=1S/C15H24N2/c1-12-7-6-10-17(13(12)2)15(11-16)14-8-4-3-5-9-14/h3-5,8-9,12-13,15H,6-7,10-11,16H2,1-2H3. The molecule has 0 amide bonds. The highest BCUT2D eigenvalue weighted by atomic mass is 15.2. The molecule has 1 aromatic carbocycles. The summed E-state index contributed by atoms with van der Waals surface area (Å²) in [7, 11) is 0. The molecule has 94 valence electrons. The van der Waals surface area contributed by atoms with Gasteiger partial charge in [0.2, 0.25) is 0 Å². The summed E-state index contributed by atoms with van der Waals surface area (Å²) in [6.07, 6.45) is 2.65. The van der Waals surface area contributed by atoms with Crippen LogP contribution in [0.3, 0.4) is 0 Å². The molecule has 1 heterocycles. The van der Waals surface area contributed by atoms with E-state index in [1.54, 1.807) is 0 Å². The zero-order valence-electron chi connectivity index (χ0n) is 11.0. The van der Waals surface area contributed by atoms with Gasteiger partial charge in [0.05, 0.1) is 0 Å². The van der Waals surface area contributed by atoms with Crippen molar-refractivity contribution >= 4 is 0 Å². The van der Waals surface area contributed by atoms with Crippen molar-refractivity contribution in [3.8, 4) is 0 Å². The molecule has 0 aromatic heterocycles. The molecule has 1 fully saturated rings. The third kappa shape index (κ3) is 2.70. The molecule has 0 saturated carbocycles. The van der Waals surface area contributed by atoms with Gasteiger partial charge in [-0.1, -0.05) is 37.3 Å². The van der Waals surface area contributed by atoms with Crippen LogP contribution < -0.4 is 5.73 Å². The topological polar surface area (TPSA) is 29.3 Å². The summed E-state index contributed by atoms with van der Waals surface area (Å²) in [5, 5.41) is 0. The molecule has 1 aliphatic heterocycles. The molecule has 3 atom stereocenters. The maximum Gasteiger partial charge on any atom is 0.0473 e. The van der Waals surface area contributed by atoms with Crippen molar-refractivity contribution in [2.75, 3.05) is 13.1 Å². The number of likely N-dealkylation sites (tertiary alicyclic amines) is 1. The number of hydrogen-bond acceptors (Lipinski definition) is 2.